The number of benzene rings is 1. The smallest absolute Gasteiger partial charge is 0.280 e. The Kier molecular flexibility index (Phi) is 2.70. The number of aromatic nitrogens is 1. The number of fused-ring (bicyclic) bond motifs is 1. The van der Waals surface area contributed by atoms with Crippen LogP contribution in [0.3, 0.4) is 0 Å². The van der Waals surface area contributed by atoms with Gasteiger partial charge >= 0.3 is 0 Å². The third-order valence-corrected chi connectivity index (χ3v) is 2.36. The number of nitrogens with two attached hydrogens (primary N) is 1. The molecule has 0 unspecified atom stereocenters. The topological polar surface area (TPSA) is 50.9 Å². The molecule has 0 saturated heterocycles. The molecule has 2 rings (SSSR count). The number of nitrogens with one attached hydrogen (secondary N) is 1. The van der Waals surface area contributed by atoms with Crippen LogP contribution in [-0.4, -0.2) is 4.98 Å². The molecule has 1 aromatic carbocycles. The van der Waals surface area contributed by atoms with Gasteiger partial charge in [-0.15, -0.1) is 0 Å². The highest BCUT2D eigenvalue weighted by molar-refractivity contribution is 5.91. The van der Waals surface area contributed by atoms with Crippen LogP contribution in [0.1, 0.15) is 17.7 Å². The van der Waals surface area contributed by atoms with Crippen LogP contribution in [0.5, 0.6) is 0 Å². The summed E-state index contributed by atoms with van der Waals surface area (Å²) in [4.78, 5) is 3.88. The number of hydrazine groups is 1. The van der Waals surface area contributed by atoms with Crippen molar-refractivity contribution in [2.45, 2.75) is 13.3 Å². The van der Waals surface area contributed by atoms with Gasteiger partial charge in [0.05, 0.1) is 11.2 Å². The Morgan fingerprint density at radius 1 is 1.31 bits per heavy atom. The molecule has 0 aliphatic carbocycles. The summed E-state index contributed by atoms with van der Waals surface area (Å²) >= 11 is 0. The molecule has 0 aliphatic heterocycles. The highest BCUT2D eigenvalue weighted by Crippen LogP contribution is 2.27. The summed E-state index contributed by atoms with van der Waals surface area (Å²) in [6, 6.07) is 6.65. The summed E-state index contributed by atoms with van der Waals surface area (Å²) in [6.45, 7) is 1.92. The monoisotopic (exact) mass is 223 g/mol. The summed E-state index contributed by atoms with van der Waals surface area (Å²) in [5, 5.41) is 0.743. The highest BCUT2D eigenvalue weighted by atomic mass is 19.3. The molecule has 2 aromatic rings. The number of halogens is 2. The van der Waals surface area contributed by atoms with Gasteiger partial charge in [0.2, 0.25) is 0 Å². The Morgan fingerprint density at radius 2 is 2.06 bits per heavy atom. The van der Waals surface area contributed by atoms with Crippen molar-refractivity contribution in [1.29, 1.82) is 0 Å². The molecule has 16 heavy (non-hydrogen) atoms. The second-order valence-corrected chi connectivity index (χ2v) is 3.56. The van der Waals surface area contributed by atoms with Crippen molar-refractivity contribution in [3.8, 4) is 0 Å². The van der Waals surface area contributed by atoms with Gasteiger partial charge in [-0.1, -0.05) is 11.6 Å². The molecule has 3 nitrogen and oxygen atoms in total. The minimum absolute atomic E-state index is 0.274. The predicted octanol–water partition coefficient (Wildman–Crippen LogP) is 2.77. The van der Waals surface area contributed by atoms with E-state index >= 15 is 0 Å². The van der Waals surface area contributed by atoms with Crippen LogP contribution in [0.15, 0.2) is 24.3 Å². The number of alkyl halides is 2. The maximum Gasteiger partial charge on any atom is 0.280 e. The lowest BCUT2D eigenvalue weighted by Gasteiger charge is -2.09. The van der Waals surface area contributed by atoms with Gasteiger partial charge in [0.1, 0.15) is 5.69 Å². The van der Waals surface area contributed by atoms with Crippen molar-refractivity contribution in [2.24, 2.45) is 5.84 Å². The van der Waals surface area contributed by atoms with Crippen LogP contribution >= 0.6 is 0 Å². The van der Waals surface area contributed by atoms with Crippen molar-refractivity contribution in [2.75, 3.05) is 5.43 Å². The van der Waals surface area contributed by atoms with Gasteiger partial charge in [0.25, 0.3) is 6.43 Å². The molecule has 0 radical (unpaired) electrons. The maximum absolute atomic E-state index is 12.6. The standard InChI is InChI=1S/C11H11F2N3/c1-6-2-3-8-7(4-6)9(16-14)5-10(15-8)11(12)13/h2-5,11H,14H2,1H3,(H,15,16). The van der Waals surface area contributed by atoms with Crippen LogP contribution < -0.4 is 11.3 Å². The summed E-state index contributed by atoms with van der Waals surface area (Å²) < 4.78 is 25.1. The fourth-order valence-corrected chi connectivity index (χ4v) is 1.59. The molecular formula is C11H11F2N3. The number of hydrogen-bond donors (Lipinski definition) is 2. The van der Waals surface area contributed by atoms with Crippen molar-refractivity contribution in [3.05, 3.63) is 35.5 Å². The number of nitrogen functional groups attached to an aromatic ring is 1. The Labute approximate surface area is 91.3 Å². The van der Waals surface area contributed by atoms with Crippen LogP contribution in [0.2, 0.25) is 0 Å². The van der Waals surface area contributed by atoms with E-state index in [4.69, 9.17) is 5.84 Å². The van der Waals surface area contributed by atoms with E-state index < -0.39 is 6.43 Å². The van der Waals surface area contributed by atoms with Crippen LogP contribution in [0, 0.1) is 6.92 Å². The second-order valence-electron chi connectivity index (χ2n) is 3.56. The first-order chi connectivity index (χ1) is 7.61. The van der Waals surface area contributed by atoms with Gasteiger partial charge in [-0.2, -0.15) is 0 Å². The van der Waals surface area contributed by atoms with Gasteiger partial charge < -0.3 is 5.43 Å². The molecule has 0 bridgehead atoms. The van der Waals surface area contributed by atoms with Gasteiger partial charge in [-0.05, 0) is 25.1 Å². The van der Waals surface area contributed by atoms with Crippen molar-refractivity contribution >= 4 is 16.6 Å². The fourth-order valence-electron chi connectivity index (χ4n) is 1.59. The highest BCUT2D eigenvalue weighted by Gasteiger charge is 2.12. The lowest BCUT2D eigenvalue weighted by Crippen LogP contribution is -2.08. The summed E-state index contributed by atoms with van der Waals surface area (Å²) in [7, 11) is 0. The van der Waals surface area contributed by atoms with Gasteiger partial charge in [-0.3, -0.25) is 5.84 Å². The SMILES string of the molecule is Cc1ccc2nc(C(F)F)cc(NN)c2c1. The quantitative estimate of drug-likeness (QED) is 0.608. The third-order valence-electron chi connectivity index (χ3n) is 2.36. The Hall–Kier alpha value is -1.75. The Bertz CT molecular complexity index is 526. The predicted molar refractivity (Wildman–Crippen MR) is 59.2 cm³/mol. The van der Waals surface area contributed by atoms with E-state index in [1.54, 1.807) is 6.07 Å². The zero-order valence-corrected chi connectivity index (χ0v) is 8.67. The van der Waals surface area contributed by atoms with Crippen molar-refractivity contribution in [3.63, 3.8) is 0 Å². The van der Waals surface area contributed by atoms with Crippen LogP contribution in [-0.2, 0) is 0 Å². The van der Waals surface area contributed by atoms with E-state index in [0.29, 0.717) is 11.2 Å². The zero-order valence-electron chi connectivity index (χ0n) is 8.67. The lowest BCUT2D eigenvalue weighted by molar-refractivity contribution is 0.146. The molecule has 3 N–H and O–H groups in total. The first-order valence-corrected chi connectivity index (χ1v) is 4.78. The van der Waals surface area contributed by atoms with Gasteiger partial charge in [0.15, 0.2) is 0 Å². The van der Waals surface area contributed by atoms with E-state index in [-0.39, 0.29) is 5.69 Å². The molecule has 5 heteroatoms. The Balaban J connectivity index is 2.73. The molecule has 0 atom stereocenters. The number of nitrogens with zero attached hydrogens (tertiary/aromatic N) is 1. The lowest BCUT2D eigenvalue weighted by atomic mass is 10.1. The van der Waals surface area contributed by atoms with Crippen molar-refractivity contribution in [1.82, 2.24) is 4.98 Å². The number of rotatable bonds is 2. The number of hydrogen-bond acceptors (Lipinski definition) is 3. The van der Waals surface area contributed by atoms with Gasteiger partial charge in [0, 0.05) is 5.39 Å². The molecule has 1 heterocycles. The van der Waals surface area contributed by atoms with E-state index in [1.807, 2.05) is 19.1 Å². The molecule has 0 spiro atoms. The first-order valence-electron chi connectivity index (χ1n) is 4.78. The van der Waals surface area contributed by atoms with Crippen molar-refractivity contribution < 1.29 is 8.78 Å². The summed E-state index contributed by atoms with van der Waals surface area (Å²) in [6.07, 6.45) is -2.60. The van der Waals surface area contributed by atoms with E-state index in [9.17, 15) is 8.78 Å². The number of anilines is 1. The first kappa shape index (κ1) is 10.8. The second kappa shape index (κ2) is 4.02. The largest absolute Gasteiger partial charge is 0.323 e. The van der Waals surface area contributed by atoms with Crippen LogP contribution in [0.4, 0.5) is 14.5 Å². The van der Waals surface area contributed by atoms with E-state index in [1.165, 1.54) is 6.07 Å². The molecule has 0 fully saturated rings. The third kappa shape index (κ3) is 1.81. The molecular weight excluding hydrogens is 212 g/mol. The molecule has 0 amide bonds. The molecule has 84 valence electrons. The van der Waals surface area contributed by atoms with Gasteiger partial charge in [-0.25, -0.2) is 13.8 Å². The number of pyridine rings is 1. The van der Waals surface area contributed by atoms with Crippen LogP contribution in [0.25, 0.3) is 10.9 Å². The number of aryl methyl sites for hydroxylation is 1. The summed E-state index contributed by atoms with van der Waals surface area (Å²) in [5.74, 6) is 5.31. The van der Waals surface area contributed by atoms with E-state index in [0.717, 1.165) is 10.9 Å². The molecule has 1 aromatic heterocycles. The zero-order chi connectivity index (χ0) is 11.7. The molecule has 0 saturated carbocycles. The minimum atomic E-state index is -2.60. The van der Waals surface area contributed by atoms with E-state index in [2.05, 4.69) is 10.4 Å². The summed E-state index contributed by atoms with van der Waals surface area (Å²) in [5.41, 5.74) is 4.14. The average molecular weight is 223 g/mol. The Morgan fingerprint density at radius 3 is 2.69 bits per heavy atom. The fraction of sp³-hybridized carbons (Fsp3) is 0.182. The molecule has 0 aliphatic rings. The minimum Gasteiger partial charge on any atom is -0.323 e. The average Bonchev–Trinajstić information content (AvgIpc) is 2.27. The maximum atomic E-state index is 12.6. The normalized spacial score (nSPS) is 11.1.